The largest absolute Gasteiger partial charge is 0.416 e. The number of aromatic nitrogens is 2. The lowest BCUT2D eigenvalue weighted by atomic mass is 9.94. The van der Waals surface area contributed by atoms with Gasteiger partial charge < -0.3 is 16.0 Å². The number of nitrogens with zero attached hydrogens (tertiary/aromatic N) is 3. The van der Waals surface area contributed by atoms with Crippen LogP contribution in [0.15, 0.2) is 24.3 Å². The molecule has 2 heterocycles. The van der Waals surface area contributed by atoms with Gasteiger partial charge in [-0.2, -0.15) is 13.2 Å². The van der Waals surface area contributed by atoms with Gasteiger partial charge in [0.25, 0.3) is 0 Å². The first-order valence-corrected chi connectivity index (χ1v) is 11.6. The molecule has 1 fully saturated rings. The minimum atomic E-state index is -4.53. The molecule has 1 aliphatic rings. The van der Waals surface area contributed by atoms with E-state index in [1.165, 1.54) is 38.4 Å². The van der Waals surface area contributed by atoms with Gasteiger partial charge in [-0.1, -0.05) is 33.3 Å². The van der Waals surface area contributed by atoms with Gasteiger partial charge in [0.2, 0.25) is 5.91 Å². The maximum atomic E-state index is 13.0. The van der Waals surface area contributed by atoms with Gasteiger partial charge in [0, 0.05) is 17.0 Å². The maximum Gasteiger partial charge on any atom is 0.416 e. The highest BCUT2D eigenvalue weighted by Gasteiger charge is 2.32. The molecule has 188 valence electrons. The molecule has 1 aromatic carbocycles. The van der Waals surface area contributed by atoms with E-state index in [1.54, 1.807) is 33.8 Å². The van der Waals surface area contributed by atoms with Gasteiger partial charge in [0.05, 0.1) is 16.9 Å². The first kappa shape index (κ1) is 27.6. The number of aryl methyl sites for hydroxylation is 1. The number of nitrogens with one attached hydrogen (secondary N) is 1. The van der Waals surface area contributed by atoms with Crippen LogP contribution < -0.4 is 11.1 Å². The van der Waals surface area contributed by atoms with Crippen LogP contribution in [0.4, 0.5) is 24.7 Å². The summed E-state index contributed by atoms with van der Waals surface area (Å²) in [7, 11) is 0. The van der Waals surface area contributed by atoms with Crippen LogP contribution in [0.3, 0.4) is 0 Å². The molecule has 6 nitrogen and oxygen atoms in total. The zero-order valence-corrected chi connectivity index (χ0v) is 20.9. The van der Waals surface area contributed by atoms with E-state index in [1.807, 2.05) is 0 Å². The summed E-state index contributed by atoms with van der Waals surface area (Å²) in [4.78, 5) is 14.8. The van der Waals surface area contributed by atoms with Crippen molar-refractivity contribution in [3.63, 3.8) is 0 Å². The van der Waals surface area contributed by atoms with Crippen molar-refractivity contribution in [3.8, 4) is 11.3 Å². The summed E-state index contributed by atoms with van der Waals surface area (Å²) in [5.41, 5.74) is 5.30. The first-order chi connectivity index (χ1) is 15.7. The fourth-order valence-electron chi connectivity index (χ4n) is 3.55. The van der Waals surface area contributed by atoms with Gasteiger partial charge in [-0.3, -0.25) is 4.79 Å². The maximum absolute atomic E-state index is 13.0. The van der Waals surface area contributed by atoms with Gasteiger partial charge in [-0.05, 0) is 70.5 Å². The monoisotopic (exact) mass is 479 g/mol. The van der Waals surface area contributed by atoms with Crippen LogP contribution >= 0.6 is 0 Å². The van der Waals surface area contributed by atoms with Gasteiger partial charge >= 0.3 is 6.18 Å². The zero-order chi connectivity index (χ0) is 25.7. The molecule has 0 atom stereocenters. The number of anilines is 2. The normalized spacial score (nSPS) is 15.0. The lowest BCUT2D eigenvalue weighted by Crippen LogP contribution is -2.35. The van der Waals surface area contributed by atoms with Gasteiger partial charge in [-0.25, -0.2) is 0 Å². The second kappa shape index (κ2) is 11.2. The molecule has 1 saturated heterocycles. The van der Waals surface area contributed by atoms with E-state index < -0.39 is 23.1 Å². The molecule has 34 heavy (non-hydrogen) atoms. The predicted molar refractivity (Wildman–Crippen MR) is 130 cm³/mol. The second-order valence-corrected chi connectivity index (χ2v) is 9.95. The Balaban J connectivity index is 0.000000379. The number of likely N-dealkylation sites (tertiary alicyclic amines) is 1. The van der Waals surface area contributed by atoms with E-state index in [0.717, 1.165) is 18.2 Å². The van der Waals surface area contributed by atoms with E-state index in [4.69, 9.17) is 5.73 Å². The summed E-state index contributed by atoms with van der Waals surface area (Å²) in [6, 6.07) is 5.45. The lowest BCUT2D eigenvalue weighted by molar-refractivity contribution is -0.137. The Bertz CT molecular complexity index is 977. The Labute approximate surface area is 200 Å². The fraction of sp³-hybridized carbons (Fsp3) is 0.560. The van der Waals surface area contributed by atoms with Crippen LogP contribution in [0.25, 0.3) is 11.3 Å². The Morgan fingerprint density at radius 3 is 2.15 bits per heavy atom. The standard InChI is InChI=1S/C17H19F3N4O.C8H17N/c1-9-7-13(21)23-24-14(9)11-6-5-10(17(18,19)20)8-12(11)22-15(25)16(2,3)4;1-8(2)9-6-4-3-5-7-9/h5-8H,1-4H3,(H2,21,23)(H,22,25);8H,3-7H2,1-2H3. The molecule has 0 unspecified atom stereocenters. The SMILES string of the molecule is CC(C)N1CCCCC1.Cc1cc(N)nnc1-c1ccc(C(F)(F)F)cc1NC(=O)C(C)(C)C. The number of nitrogens with two attached hydrogens (primary N) is 1. The quantitative estimate of drug-likeness (QED) is 0.571. The van der Waals surface area contributed by atoms with E-state index >= 15 is 0 Å². The number of amides is 1. The molecule has 0 radical (unpaired) electrons. The number of rotatable bonds is 3. The summed E-state index contributed by atoms with van der Waals surface area (Å²) < 4.78 is 39.1. The summed E-state index contributed by atoms with van der Waals surface area (Å²) in [6.07, 6.45) is -0.249. The summed E-state index contributed by atoms with van der Waals surface area (Å²) in [5, 5.41) is 10.3. The number of alkyl halides is 3. The molecule has 0 aliphatic carbocycles. The van der Waals surface area contributed by atoms with E-state index in [2.05, 4.69) is 34.3 Å². The smallest absolute Gasteiger partial charge is 0.382 e. The van der Waals surface area contributed by atoms with Crippen molar-refractivity contribution in [3.05, 3.63) is 35.4 Å². The third kappa shape index (κ3) is 7.68. The van der Waals surface area contributed by atoms with E-state index in [0.29, 0.717) is 16.8 Å². The summed E-state index contributed by atoms with van der Waals surface area (Å²) >= 11 is 0. The van der Waals surface area contributed by atoms with Crippen molar-refractivity contribution in [2.75, 3.05) is 24.1 Å². The minimum absolute atomic E-state index is 0.0249. The van der Waals surface area contributed by atoms with E-state index in [9.17, 15) is 18.0 Å². The minimum Gasteiger partial charge on any atom is -0.382 e. The van der Waals surface area contributed by atoms with Crippen molar-refractivity contribution in [1.29, 1.82) is 0 Å². The highest BCUT2D eigenvalue weighted by atomic mass is 19.4. The molecular weight excluding hydrogens is 443 g/mol. The Morgan fingerprint density at radius 1 is 1.06 bits per heavy atom. The number of piperidine rings is 1. The first-order valence-electron chi connectivity index (χ1n) is 11.6. The van der Waals surface area contributed by atoms with Crippen molar-refractivity contribution >= 4 is 17.4 Å². The predicted octanol–water partition coefficient (Wildman–Crippen LogP) is 5.92. The number of nitrogen functional groups attached to an aromatic ring is 1. The highest BCUT2D eigenvalue weighted by molar-refractivity contribution is 5.98. The van der Waals surface area contributed by atoms with Crippen LogP contribution in [0, 0.1) is 12.3 Å². The molecule has 1 amide bonds. The Kier molecular flexibility index (Phi) is 9.05. The molecule has 0 saturated carbocycles. The molecule has 3 rings (SSSR count). The van der Waals surface area contributed by atoms with Crippen LogP contribution in [0.5, 0.6) is 0 Å². The van der Waals surface area contributed by atoms with Gasteiger partial charge in [-0.15, -0.1) is 10.2 Å². The Hall–Kier alpha value is -2.68. The average Bonchev–Trinajstić information content (AvgIpc) is 2.74. The summed E-state index contributed by atoms with van der Waals surface area (Å²) in [5.74, 6) is -0.206. The molecule has 0 spiro atoms. The van der Waals surface area contributed by atoms with E-state index in [-0.39, 0.29) is 11.5 Å². The fourth-order valence-corrected chi connectivity index (χ4v) is 3.55. The average molecular weight is 480 g/mol. The van der Waals surface area contributed by atoms with Crippen molar-refractivity contribution in [2.24, 2.45) is 5.41 Å². The van der Waals surface area contributed by atoms with Crippen LogP contribution in [-0.4, -0.2) is 40.1 Å². The van der Waals surface area contributed by atoms with Crippen LogP contribution in [0.1, 0.15) is 65.0 Å². The number of carbonyl (C=O) groups excluding carboxylic acids is 1. The van der Waals surface area contributed by atoms with Gasteiger partial charge in [0.15, 0.2) is 0 Å². The van der Waals surface area contributed by atoms with Crippen molar-refractivity contribution in [2.45, 2.75) is 73.0 Å². The van der Waals surface area contributed by atoms with Crippen molar-refractivity contribution < 1.29 is 18.0 Å². The second-order valence-electron chi connectivity index (χ2n) is 9.95. The zero-order valence-electron chi connectivity index (χ0n) is 20.9. The summed E-state index contributed by atoms with van der Waals surface area (Å²) in [6.45, 7) is 14.0. The molecule has 3 N–H and O–H groups in total. The number of carbonyl (C=O) groups is 1. The molecule has 9 heteroatoms. The molecule has 1 aliphatic heterocycles. The van der Waals surface area contributed by atoms with Gasteiger partial charge in [0.1, 0.15) is 5.82 Å². The highest BCUT2D eigenvalue weighted by Crippen LogP contribution is 2.36. The third-order valence-electron chi connectivity index (χ3n) is 5.66. The third-order valence-corrected chi connectivity index (χ3v) is 5.66. The molecule has 0 bridgehead atoms. The molecular formula is C25H36F3N5O. The van der Waals surface area contributed by atoms with Crippen LogP contribution in [-0.2, 0) is 11.0 Å². The number of benzene rings is 1. The molecule has 1 aromatic heterocycles. The molecule has 2 aromatic rings. The van der Waals surface area contributed by atoms with Crippen LogP contribution in [0.2, 0.25) is 0 Å². The Morgan fingerprint density at radius 2 is 1.68 bits per heavy atom. The number of halogens is 3. The lowest BCUT2D eigenvalue weighted by Gasteiger charge is -2.29. The topological polar surface area (TPSA) is 84.1 Å². The number of hydrogen-bond acceptors (Lipinski definition) is 5. The van der Waals surface area contributed by atoms with Crippen molar-refractivity contribution in [1.82, 2.24) is 15.1 Å². The number of hydrogen-bond donors (Lipinski definition) is 2.